The van der Waals surface area contributed by atoms with Crippen LogP contribution < -0.4 is 25.0 Å². The molecule has 0 amide bonds. The molecule has 0 radical (unpaired) electrons. The van der Waals surface area contributed by atoms with E-state index in [1.54, 1.807) is 12.1 Å². The monoisotopic (exact) mass is 413 g/mol. The highest BCUT2D eigenvalue weighted by molar-refractivity contribution is 7.80. The minimum atomic E-state index is -4.50. The second-order valence-corrected chi connectivity index (χ2v) is 5.70. The Morgan fingerprint density at radius 3 is 2.29 bits per heavy atom. The van der Waals surface area contributed by atoms with Gasteiger partial charge in [0.15, 0.2) is 16.6 Å². The Labute approximate surface area is 165 Å². The molecule has 2 aromatic carbocycles. The van der Waals surface area contributed by atoms with Crippen LogP contribution in [0.25, 0.3) is 0 Å². The Morgan fingerprint density at radius 2 is 1.68 bits per heavy atom. The van der Waals surface area contributed by atoms with E-state index in [4.69, 9.17) is 26.4 Å². The van der Waals surface area contributed by atoms with Gasteiger partial charge in [-0.25, -0.2) is 0 Å². The molecule has 0 heterocycles. The fourth-order valence-electron chi connectivity index (χ4n) is 2.38. The van der Waals surface area contributed by atoms with Crippen LogP contribution in [-0.2, 0) is 6.18 Å². The van der Waals surface area contributed by atoms with Gasteiger partial charge in [-0.3, -0.25) is 5.43 Å². The summed E-state index contributed by atoms with van der Waals surface area (Å²) in [5.41, 5.74) is 2.01. The number of ether oxygens (including phenoxy) is 3. The van der Waals surface area contributed by atoms with Crippen molar-refractivity contribution in [2.75, 3.05) is 26.6 Å². The van der Waals surface area contributed by atoms with E-state index >= 15 is 0 Å². The number of hydrogen-bond acceptors (Lipinski definition) is 5. The van der Waals surface area contributed by atoms with Crippen LogP contribution in [0.2, 0.25) is 0 Å². The molecule has 0 saturated heterocycles. The van der Waals surface area contributed by atoms with Gasteiger partial charge in [0.05, 0.1) is 38.8 Å². The quantitative estimate of drug-likeness (QED) is 0.423. The Hall–Kier alpha value is -3.01. The standard InChI is InChI=1S/C18H18F3N3O3S/c1-25-14-9-8-11(15(26-2)16(14)27-3)10-22-24-17(28)23-13-7-5-4-6-12(13)18(19,20)21/h4-10H,1-3H3,(H2,23,24,28). The summed E-state index contributed by atoms with van der Waals surface area (Å²) in [5.74, 6) is 1.24. The SMILES string of the molecule is COc1ccc(C=NNC(=S)Nc2ccccc2C(F)(F)F)c(OC)c1OC. The first-order chi connectivity index (χ1) is 13.3. The third-order valence-electron chi connectivity index (χ3n) is 3.59. The molecule has 0 aliphatic rings. The van der Waals surface area contributed by atoms with Crippen molar-refractivity contribution in [3.63, 3.8) is 0 Å². The third kappa shape index (κ3) is 5.03. The number of nitrogens with zero attached hydrogens (tertiary/aromatic N) is 1. The van der Waals surface area contributed by atoms with E-state index in [2.05, 4.69) is 15.8 Å². The van der Waals surface area contributed by atoms with Crippen LogP contribution in [0.3, 0.4) is 0 Å². The molecule has 2 rings (SSSR count). The maximum Gasteiger partial charge on any atom is 0.418 e. The highest BCUT2D eigenvalue weighted by Gasteiger charge is 2.33. The lowest BCUT2D eigenvalue weighted by Gasteiger charge is -2.15. The van der Waals surface area contributed by atoms with Crippen LogP contribution in [0.15, 0.2) is 41.5 Å². The van der Waals surface area contributed by atoms with Crippen molar-refractivity contribution in [1.82, 2.24) is 5.43 Å². The largest absolute Gasteiger partial charge is 0.493 e. The van der Waals surface area contributed by atoms with E-state index in [-0.39, 0.29) is 10.8 Å². The fourth-order valence-corrected chi connectivity index (χ4v) is 2.54. The Balaban J connectivity index is 2.13. The van der Waals surface area contributed by atoms with Crippen LogP contribution in [0.5, 0.6) is 17.2 Å². The normalized spacial score (nSPS) is 11.2. The number of nitrogens with one attached hydrogen (secondary N) is 2. The highest BCUT2D eigenvalue weighted by Crippen LogP contribution is 2.39. The molecule has 0 aromatic heterocycles. The van der Waals surface area contributed by atoms with Gasteiger partial charge in [-0.1, -0.05) is 12.1 Å². The van der Waals surface area contributed by atoms with E-state index in [0.717, 1.165) is 6.07 Å². The molecule has 0 unspecified atom stereocenters. The average molecular weight is 413 g/mol. The molecule has 0 bridgehead atoms. The first-order valence-corrected chi connectivity index (χ1v) is 8.27. The van der Waals surface area contributed by atoms with Gasteiger partial charge in [-0.15, -0.1) is 0 Å². The van der Waals surface area contributed by atoms with Crippen molar-refractivity contribution in [2.45, 2.75) is 6.18 Å². The van der Waals surface area contributed by atoms with Gasteiger partial charge in [0.1, 0.15) is 0 Å². The van der Waals surface area contributed by atoms with Gasteiger partial charge in [-0.05, 0) is 36.5 Å². The number of benzene rings is 2. The van der Waals surface area contributed by atoms with Crippen LogP contribution in [-0.4, -0.2) is 32.7 Å². The van der Waals surface area contributed by atoms with Gasteiger partial charge in [0.25, 0.3) is 0 Å². The summed E-state index contributed by atoms with van der Waals surface area (Å²) < 4.78 is 54.8. The number of hydrazone groups is 1. The summed E-state index contributed by atoms with van der Waals surface area (Å²) in [6, 6.07) is 8.35. The Bertz CT molecular complexity index is 873. The minimum Gasteiger partial charge on any atom is -0.493 e. The van der Waals surface area contributed by atoms with Crippen LogP contribution >= 0.6 is 12.2 Å². The number of alkyl halides is 3. The molecule has 2 aromatic rings. The van der Waals surface area contributed by atoms with Crippen molar-refractivity contribution >= 4 is 29.2 Å². The van der Waals surface area contributed by atoms with Crippen LogP contribution in [0.1, 0.15) is 11.1 Å². The average Bonchev–Trinajstić information content (AvgIpc) is 2.66. The molecule has 0 aliphatic carbocycles. The number of para-hydroxylation sites is 1. The third-order valence-corrected chi connectivity index (χ3v) is 3.78. The second kappa shape index (κ2) is 9.27. The number of rotatable bonds is 6. The minimum absolute atomic E-state index is 0.104. The van der Waals surface area contributed by atoms with Crippen molar-refractivity contribution in [2.24, 2.45) is 5.10 Å². The summed E-state index contributed by atoms with van der Waals surface area (Å²) >= 11 is 5.00. The second-order valence-electron chi connectivity index (χ2n) is 5.29. The lowest BCUT2D eigenvalue weighted by Crippen LogP contribution is -2.25. The molecular weight excluding hydrogens is 395 g/mol. The summed E-state index contributed by atoms with van der Waals surface area (Å²) in [6.45, 7) is 0. The molecule has 2 N–H and O–H groups in total. The molecule has 0 spiro atoms. The van der Waals surface area contributed by atoms with E-state index in [9.17, 15) is 13.2 Å². The molecule has 10 heteroatoms. The molecule has 0 aliphatic heterocycles. The number of halogens is 3. The Morgan fingerprint density at radius 1 is 1.00 bits per heavy atom. The van der Waals surface area contributed by atoms with Crippen molar-refractivity contribution in [3.8, 4) is 17.2 Å². The van der Waals surface area contributed by atoms with Gasteiger partial charge in [0.2, 0.25) is 5.75 Å². The fraction of sp³-hybridized carbons (Fsp3) is 0.222. The van der Waals surface area contributed by atoms with Crippen LogP contribution in [0.4, 0.5) is 18.9 Å². The predicted molar refractivity (Wildman–Crippen MR) is 104 cm³/mol. The van der Waals surface area contributed by atoms with Gasteiger partial charge >= 0.3 is 6.18 Å². The maximum absolute atomic E-state index is 13.0. The summed E-state index contributed by atoms with van der Waals surface area (Å²) in [7, 11) is 4.43. The molecule has 0 atom stereocenters. The number of anilines is 1. The van der Waals surface area contributed by atoms with Crippen molar-refractivity contribution < 1.29 is 27.4 Å². The zero-order chi connectivity index (χ0) is 20.7. The topological polar surface area (TPSA) is 64.1 Å². The molecule has 0 saturated carbocycles. The molecular formula is C18H18F3N3O3S. The summed E-state index contributed by atoms with van der Waals surface area (Å²) in [5, 5.41) is 6.31. The van der Waals surface area contributed by atoms with E-state index in [0.29, 0.717) is 22.8 Å². The van der Waals surface area contributed by atoms with E-state index in [1.807, 2.05) is 0 Å². The number of hydrogen-bond donors (Lipinski definition) is 2. The Kier molecular flexibility index (Phi) is 7.05. The molecule has 6 nitrogen and oxygen atoms in total. The molecule has 150 valence electrons. The number of thiocarbonyl (C=S) groups is 1. The predicted octanol–water partition coefficient (Wildman–Crippen LogP) is 4.05. The zero-order valence-electron chi connectivity index (χ0n) is 15.3. The first-order valence-electron chi connectivity index (χ1n) is 7.87. The smallest absolute Gasteiger partial charge is 0.418 e. The maximum atomic E-state index is 13.0. The molecule has 28 heavy (non-hydrogen) atoms. The summed E-state index contributed by atoms with van der Waals surface area (Å²) in [6.07, 6.45) is -3.11. The van der Waals surface area contributed by atoms with Gasteiger partial charge in [-0.2, -0.15) is 18.3 Å². The van der Waals surface area contributed by atoms with E-state index in [1.165, 1.54) is 45.7 Å². The zero-order valence-corrected chi connectivity index (χ0v) is 16.1. The first kappa shape index (κ1) is 21.3. The number of methoxy groups -OCH3 is 3. The lowest BCUT2D eigenvalue weighted by atomic mass is 10.2. The van der Waals surface area contributed by atoms with Crippen LogP contribution in [0, 0.1) is 0 Å². The van der Waals surface area contributed by atoms with E-state index < -0.39 is 11.7 Å². The van der Waals surface area contributed by atoms with Crippen molar-refractivity contribution in [3.05, 3.63) is 47.5 Å². The summed E-state index contributed by atoms with van der Waals surface area (Å²) in [4.78, 5) is 0. The molecule has 0 fully saturated rings. The lowest BCUT2D eigenvalue weighted by molar-refractivity contribution is -0.136. The highest BCUT2D eigenvalue weighted by atomic mass is 32.1. The van der Waals surface area contributed by atoms with Gasteiger partial charge < -0.3 is 19.5 Å². The van der Waals surface area contributed by atoms with Gasteiger partial charge in [0, 0.05) is 5.56 Å². The van der Waals surface area contributed by atoms with Crippen molar-refractivity contribution in [1.29, 1.82) is 0 Å².